The van der Waals surface area contributed by atoms with E-state index in [1.165, 1.54) is 9.70 Å². The fourth-order valence-electron chi connectivity index (χ4n) is 4.58. The lowest BCUT2D eigenvalue weighted by atomic mass is 10.1. The van der Waals surface area contributed by atoms with E-state index in [-0.39, 0.29) is 24.4 Å². The highest BCUT2D eigenvalue weighted by Gasteiger charge is 2.30. The number of aromatic nitrogens is 4. The number of hydrogen-bond acceptors (Lipinski definition) is 7. The molecule has 0 radical (unpaired) electrons. The van der Waals surface area contributed by atoms with E-state index in [0.29, 0.717) is 28.6 Å². The number of nitrogens with one attached hydrogen (secondary N) is 1. The van der Waals surface area contributed by atoms with Crippen molar-refractivity contribution in [3.63, 3.8) is 0 Å². The van der Waals surface area contributed by atoms with Crippen molar-refractivity contribution in [1.29, 1.82) is 0 Å². The maximum Gasteiger partial charge on any atom is 0.251 e. The molecule has 10 heteroatoms. The zero-order chi connectivity index (χ0) is 26.4. The number of carbonyl (C=O) groups is 2. The number of aryl methyl sites for hydroxylation is 1. The number of tetrazole rings is 1. The summed E-state index contributed by atoms with van der Waals surface area (Å²) >= 11 is 0. The fourth-order valence-corrected chi connectivity index (χ4v) is 4.58. The second-order valence-electron chi connectivity index (χ2n) is 9.16. The number of rotatable bonds is 10. The zero-order valence-electron chi connectivity index (χ0n) is 21.8. The van der Waals surface area contributed by atoms with Crippen LogP contribution in [0.2, 0.25) is 0 Å². The van der Waals surface area contributed by atoms with E-state index >= 15 is 0 Å². The molecule has 10 nitrogen and oxygen atoms in total. The molecule has 1 aliphatic carbocycles. The van der Waals surface area contributed by atoms with Crippen molar-refractivity contribution in [2.45, 2.75) is 64.6 Å². The van der Waals surface area contributed by atoms with Crippen molar-refractivity contribution >= 4 is 17.5 Å². The van der Waals surface area contributed by atoms with Crippen LogP contribution in [-0.2, 0) is 22.6 Å². The topological polar surface area (TPSA) is 111 Å². The predicted octanol–water partition coefficient (Wildman–Crippen LogP) is 3.40. The van der Waals surface area contributed by atoms with Gasteiger partial charge in [0.25, 0.3) is 5.91 Å². The molecule has 37 heavy (non-hydrogen) atoms. The second-order valence-corrected chi connectivity index (χ2v) is 9.16. The van der Waals surface area contributed by atoms with E-state index in [9.17, 15) is 9.59 Å². The molecule has 3 aromatic rings. The van der Waals surface area contributed by atoms with Gasteiger partial charge in [0, 0.05) is 17.3 Å². The Labute approximate surface area is 216 Å². The summed E-state index contributed by atoms with van der Waals surface area (Å²) in [5.41, 5.74) is 2.47. The normalized spacial score (nSPS) is 14.3. The molecule has 0 bridgehead atoms. The van der Waals surface area contributed by atoms with Gasteiger partial charge < -0.3 is 14.8 Å². The molecule has 1 fully saturated rings. The van der Waals surface area contributed by atoms with Crippen molar-refractivity contribution in [3.05, 3.63) is 48.0 Å². The number of ether oxygens (including phenoxy) is 2. The summed E-state index contributed by atoms with van der Waals surface area (Å²) in [4.78, 5) is 29.4. The van der Waals surface area contributed by atoms with Gasteiger partial charge in [0.2, 0.25) is 11.7 Å². The lowest BCUT2D eigenvalue weighted by Crippen LogP contribution is -2.51. The molecule has 196 valence electrons. The Kier molecular flexibility index (Phi) is 8.37. The van der Waals surface area contributed by atoms with Crippen LogP contribution in [0.3, 0.4) is 0 Å². The minimum Gasteiger partial charge on any atom is -0.493 e. The van der Waals surface area contributed by atoms with Crippen LogP contribution in [0, 0.1) is 0 Å². The van der Waals surface area contributed by atoms with Crippen LogP contribution in [-0.4, -0.2) is 58.3 Å². The monoisotopic (exact) mass is 506 g/mol. The molecule has 2 amide bonds. The minimum atomic E-state index is -0.700. The molecule has 1 unspecified atom stereocenters. The number of methoxy groups -OCH3 is 2. The second kappa shape index (κ2) is 11.9. The van der Waals surface area contributed by atoms with Crippen LogP contribution >= 0.6 is 0 Å². The molecule has 1 aromatic heterocycles. The number of amides is 2. The molecule has 4 rings (SSSR count). The first-order chi connectivity index (χ1) is 17.9. The van der Waals surface area contributed by atoms with Gasteiger partial charge in [0.15, 0.2) is 11.5 Å². The Hall–Kier alpha value is -3.95. The number of nitrogens with zero attached hydrogens (tertiary/aromatic N) is 5. The average molecular weight is 507 g/mol. The zero-order valence-corrected chi connectivity index (χ0v) is 21.8. The highest BCUT2D eigenvalue weighted by Crippen LogP contribution is 2.30. The quantitative estimate of drug-likeness (QED) is 0.449. The first kappa shape index (κ1) is 26.1. The van der Waals surface area contributed by atoms with E-state index < -0.39 is 6.04 Å². The first-order valence-electron chi connectivity index (χ1n) is 12.6. The van der Waals surface area contributed by atoms with Gasteiger partial charge in [-0.05, 0) is 67.3 Å². The van der Waals surface area contributed by atoms with Crippen LogP contribution in [0.4, 0.5) is 5.69 Å². The molecule has 2 aromatic carbocycles. The SMILES string of the molecule is CCc1ccc(N(C(=O)Cn2nnc(-c3ccc(OC)c(OC)c3)n2)C(C)C(=O)NC2CCCC2)cc1. The van der Waals surface area contributed by atoms with E-state index in [1.54, 1.807) is 39.3 Å². The van der Waals surface area contributed by atoms with E-state index in [4.69, 9.17) is 9.47 Å². The van der Waals surface area contributed by atoms with Gasteiger partial charge >= 0.3 is 0 Å². The van der Waals surface area contributed by atoms with Gasteiger partial charge in [-0.2, -0.15) is 4.80 Å². The maximum atomic E-state index is 13.6. The molecular formula is C27H34N6O4. The third-order valence-corrected chi connectivity index (χ3v) is 6.73. The van der Waals surface area contributed by atoms with Crippen LogP contribution in [0.25, 0.3) is 11.4 Å². The molecule has 1 aliphatic rings. The minimum absolute atomic E-state index is 0.162. The Bertz CT molecular complexity index is 1220. The van der Waals surface area contributed by atoms with E-state index in [2.05, 4.69) is 27.7 Å². The number of carbonyl (C=O) groups excluding carboxylic acids is 2. The average Bonchev–Trinajstić information content (AvgIpc) is 3.61. The predicted molar refractivity (Wildman–Crippen MR) is 140 cm³/mol. The van der Waals surface area contributed by atoms with Crippen molar-refractivity contribution in [3.8, 4) is 22.9 Å². The Balaban J connectivity index is 1.55. The number of anilines is 1. The molecule has 0 spiro atoms. The van der Waals surface area contributed by atoms with Crippen LogP contribution in [0.5, 0.6) is 11.5 Å². The first-order valence-corrected chi connectivity index (χ1v) is 12.6. The third kappa shape index (κ3) is 6.07. The summed E-state index contributed by atoms with van der Waals surface area (Å²) < 4.78 is 10.6. The summed E-state index contributed by atoms with van der Waals surface area (Å²) in [6.07, 6.45) is 5.05. The summed E-state index contributed by atoms with van der Waals surface area (Å²) in [5.74, 6) is 0.992. The summed E-state index contributed by atoms with van der Waals surface area (Å²) in [5, 5.41) is 15.7. The third-order valence-electron chi connectivity index (χ3n) is 6.73. The molecule has 1 saturated carbocycles. The highest BCUT2D eigenvalue weighted by molar-refractivity contribution is 6.00. The lowest BCUT2D eigenvalue weighted by molar-refractivity contribution is -0.127. The van der Waals surface area contributed by atoms with E-state index in [1.807, 2.05) is 24.3 Å². The molecule has 0 saturated heterocycles. The largest absolute Gasteiger partial charge is 0.493 e. The van der Waals surface area contributed by atoms with Gasteiger partial charge in [0.1, 0.15) is 12.6 Å². The number of hydrogen-bond donors (Lipinski definition) is 1. The maximum absolute atomic E-state index is 13.6. The Morgan fingerprint density at radius 1 is 1.08 bits per heavy atom. The smallest absolute Gasteiger partial charge is 0.251 e. The Morgan fingerprint density at radius 2 is 1.78 bits per heavy atom. The van der Waals surface area contributed by atoms with Gasteiger partial charge in [0.05, 0.1) is 14.2 Å². The molecule has 0 aliphatic heterocycles. The van der Waals surface area contributed by atoms with Crippen LogP contribution in [0.1, 0.15) is 45.1 Å². The molecular weight excluding hydrogens is 472 g/mol. The molecule has 1 atom stereocenters. The van der Waals surface area contributed by atoms with E-state index in [0.717, 1.165) is 37.7 Å². The summed E-state index contributed by atoms with van der Waals surface area (Å²) in [6, 6.07) is 12.5. The van der Waals surface area contributed by atoms with Gasteiger partial charge in [-0.1, -0.05) is 31.9 Å². The summed E-state index contributed by atoms with van der Waals surface area (Å²) in [7, 11) is 3.12. The summed E-state index contributed by atoms with van der Waals surface area (Å²) in [6.45, 7) is 3.65. The Morgan fingerprint density at radius 3 is 2.43 bits per heavy atom. The van der Waals surface area contributed by atoms with Crippen molar-refractivity contribution in [1.82, 2.24) is 25.5 Å². The van der Waals surface area contributed by atoms with Gasteiger partial charge in [-0.25, -0.2) is 0 Å². The molecule has 1 heterocycles. The lowest BCUT2D eigenvalue weighted by Gasteiger charge is -2.29. The van der Waals surface area contributed by atoms with Crippen molar-refractivity contribution in [2.24, 2.45) is 0 Å². The van der Waals surface area contributed by atoms with Crippen LogP contribution in [0.15, 0.2) is 42.5 Å². The van der Waals surface area contributed by atoms with Crippen molar-refractivity contribution in [2.75, 3.05) is 19.1 Å². The van der Waals surface area contributed by atoms with Gasteiger partial charge in [-0.3, -0.25) is 14.5 Å². The van der Waals surface area contributed by atoms with Crippen LogP contribution < -0.4 is 19.7 Å². The van der Waals surface area contributed by atoms with Crippen molar-refractivity contribution < 1.29 is 19.1 Å². The molecule has 1 N–H and O–H groups in total. The fraction of sp³-hybridized carbons (Fsp3) is 0.444. The van der Waals surface area contributed by atoms with Gasteiger partial charge in [-0.15, -0.1) is 10.2 Å². The standard InChI is InChI=1S/C27H34N6O4/c1-5-19-10-13-22(14-11-19)33(18(2)27(35)28-21-8-6-7-9-21)25(34)17-32-30-26(29-31-32)20-12-15-23(36-3)24(16-20)37-4/h10-16,18,21H,5-9,17H2,1-4H3,(H,28,35). The number of benzene rings is 2. The highest BCUT2D eigenvalue weighted by atomic mass is 16.5.